The molecule has 2 rings (SSSR count). The van der Waals surface area contributed by atoms with Crippen molar-refractivity contribution in [1.29, 1.82) is 0 Å². The molecule has 0 amide bonds. The van der Waals surface area contributed by atoms with Gasteiger partial charge >= 0.3 is 0 Å². The van der Waals surface area contributed by atoms with Crippen molar-refractivity contribution >= 4 is 0 Å². The summed E-state index contributed by atoms with van der Waals surface area (Å²) < 4.78 is 5.33. The van der Waals surface area contributed by atoms with Crippen LogP contribution in [0, 0.1) is 0 Å². The van der Waals surface area contributed by atoms with Crippen molar-refractivity contribution in [2.75, 3.05) is 6.54 Å². The van der Waals surface area contributed by atoms with E-state index in [-0.39, 0.29) is 6.04 Å². The number of furan rings is 1. The van der Waals surface area contributed by atoms with Gasteiger partial charge < -0.3 is 15.5 Å². The molecule has 1 heterocycles. The fraction of sp³-hybridized carbons (Fsp3) is 0.231. The first-order valence-corrected chi connectivity index (χ1v) is 5.41. The highest BCUT2D eigenvalue weighted by Gasteiger charge is 2.10. The fourth-order valence-corrected chi connectivity index (χ4v) is 1.63. The molecule has 0 aliphatic heterocycles. The van der Waals surface area contributed by atoms with Gasteiger partial charge in [-0.05, 0) is 17.7 Å². The van der Waals surface area contributed by atoms with Crippen LogP contribution in [-0.4, -0.2) is 6.54 Å². The first kappa shape index (κ1) is 10.9. The highest BCUT2D eigenvalue weighted by Crippen LogP contribution is 2.12. The number of rotatable bonds is 5. The smallest absolute Gasteiger partial charge is 0.121 e. The van der Waals surface area contributed by atoms with Crippen LogP contribution in [0.5, 0.6) is 0 Å². The van der Waals surface area contributed by atoms with E-state index in [1.54, 1.807) is 6.26 Å². The molecule has 1 aromatic heterocycles. The predicted molar refractivity (Wildman–Crippen MR) is 63.8 cm³/mol. The van der Waals surface area contributed by atoms with E-state index in [0.717, 1.165) is 12.3 Å². The Bertz CT molecular complexity index is 397. The molecule has 0 saturated carbocycles. The van der Waals surface area contributed by atoms with E-state index >= 15 is 0 Å². The molecular formula is C13H16N2O. The van der Waals surface area contributed by atoms with Gasteiger partial charge in [-0.15, -0.1) is 0 Å². The van der Waals surface area contributed by atoms with Crippen LogP contribution in [0.15, 0.2) is 53.1 Å². The molecule has 0 saturated heterocycles. The van der Waals surface area contributed by atoms with Crippen molar-refractivity contribution in [3.8, 4) is 0 Å². The van der Waals surface area contributed by atoms with E-state index in [1.165, 1.54) is 5.56 Å². The monoisotopic (exact) mass is 216 g/mol. The van der Waals surface area contributed by atoms with Crippen molar-refractivity contribution in [2.45, 2.75) is 12.6 Å². The van der Waals surface area contributed by atoms with Crippen LogP contribution < -0.4 is 11.1 Å². The van der Waals surface area contributed by atoms with E-state index < -0.39 is 0 Å². The molecule has 84 valence electrons. The van der Waals surface area contributed by atoms with E-state index in [4.69, 9.17) is 10.2 Å². The largest absolute Gasteiger partial charge is 0.468 e. The van der Waals surface area contributed by atoms with Gasteiger partial charge in [0.25, 0.3) is 0 Å². The summed E-state index contributed by atoms with van der Waals surface area (Å²) in [6.45, 7) is 1.32. The molecule has 1 aromatic carbocycles. The lowest BCUT2D eigenvalue weighted by atomic mass is 10.2. The third kappa shape index (κ3) is 2.72. The minimum absolute atomic E-state index is 0.0789. The highest BCUT2D eigenvalue weighted by molar-refractivity contribution is 5.15. The Morgan fingerprint density at radius 2 is 1.94 bits per heavy atom. The van der Waals surface area contributed by atoms with Gasteiger partial charge in [0.15, 0.2) is 0 Å². The standard InChI is InChI=1S/C13H16N2O/c14-9-12(13-7-4-8-16-13)15-10-11-5-2-1-3-6-11/h1-8,12,15H,9-10,14H2/t12-/m0/s1. The quantitative estimate of drug-likeness (QED) is 0.804. The number of benzene rings is 1. The average molecular weight is 216 g/mol. The van der Waals surface area contributed by atoms with Crippen LogP contribution in [0.1, 0.15) is 17.4 Å². The molecule has 3 nitrogen and oxygen atoms in total. The van der Waals surface area contributed by atoms with Gasteiger partial charge in [-0.1, -0.05) is 30.3 Å². The van der Waals surface area contributed by atoms with Crippen molar-refractivity contribution in [3.05, 3.63) is 60.1 Å². The Balaban J connectivity index is 1.94. The minimum Gasteiger partial charge on any atom is -0.468 e. The zero-order valence-corrected chi connectivity index (χ0v) is 9.10. The van der Waals surface area contributed by atoms with Crippen LogP contribution in [-0.2, 0) is 6.54 Å². The number of nitrogens with two attached hydrogens (primary N) is 1. The van der Waals surface area contributed by atoms with E-state index in [2.05, 4.69) is 17.4 Å². The lowest BCUT2D eigenvalue weighted by molar-refractivity contribution is 0.416. The van der Waals surface area contributed by atoms with E-state index in [0.29, 0.717) is 6.54 Å². The van der Waals surface area contributed by atoms with Gasteiger partial charge in [0.2, 0.25) is 0 Å². The molecule has 0 radical (unpaired) electrons. The molecule has 0 bridgehead atoms. The molecule has 3 heteroatoms. The van der Waals surface area contributed by atoms with Gasteiger partial charge in [0.1, 0.15) is 5.76 Å². The van der Waals surface area contributed by atoms with Crippen molar-refractivity contribution < 1.29 is 4.42 Å². The zero-order chi connectivity index (χ0) is 11.2. The lowest BCUT2D eigenvalue weighted by Crippen LogP contribution is -2.27. The van der Waals surface area contributed by atoms with Gasteiger partial charge in [0, 0.05) is 13.1 Å². The third-order valence-corrected chi connectivity index (χ3v) is 2.52. The lowest BCUT2D eigenvalue weighted by Gasteiger charge is -2.14. The summed E-state index contributed by atoms with van der Waals surface area (Å²) in [4.78, 5) is 0. The SMILES string of the molecule is NC[C@H](NCc1ccccc1)c1ccco1. The Hall–Kier alpha value is -1.58. The van der Waals surface area contributed by atoms with Crippen molar-refractivity contribution in [2.24, 2.45) is 5.73 Å². The molecular weight excluding hydrogens is 200 g/mol. The van der Waals surface area contributed by atoms with Gasteiger partial charge in [-0.25, -0.2) is 0 Å². The summed E-state index contributed by atoms with van der Waals surface area (Å²) in [7, 11) is 0. The average Bonchev–Trinajstić information content (AvgIpc) is 2.85. The van der Waals surface area contributed by atoms with Crippen LogP contribution >= 0.6 is 0 Å². The first-order valence-electron chi connectivity index (χ1n) is 5.41. The Kier molecular flexibility index (Phi) is 3.75. The van der Waals surface area contributed by atoms with E-state index in [1.807, 2.05) is 30.3 Å². The summed E-state index contributed by atoms with van der Waals surface area (Å²) in [6.07, 6.45) is 1.67. The molecule has 0 spiro atoms. The number of nitrogens with one attached hydrogen (secondary N) is 1. The second-order valence-corrected chi connectivity index (χ2v) is 3.67. The summed E-state index contributed by atoms with van der Waals surface area (Å²) in [5.74, 6) is 0.887. The summed E-state index contributed by atoms with van der Waals surface area (Å²) >= 11 is 0. The second-order valence-electron chi connectivity index (χ2n) is 3.67. The Morgan fingerprint density at radius 1 is 1.12 bits per heavy atom. The van der Waals surface area contributed by atoms with Crippen LogP contribution in [0.4, 0.5) is 0 Å². The summed E-state index contributed by atoms with van der Waals surface area (Å²) in [5, 5.41) is 3.37. The van der Waals surface area contributed by atoms with Gasteiger partial charge in [0.05, 0.1) is 12.3 Å². The third-order valence-electron chi connectivity index (χ3n) is 2.52. The number of hydrogen-bond acceptors (Lipinski definition) is 3. The maximum absolute atomic E-state index is 5.71. The summed E-state index contributed by atoms with van der Waals surface area (Å²) in [6, 6.07) is 14.1. The second kappa shape index (κ2) is 5.49. The zero-order valence-electron chi connectivity index (χ0n) is 9.10. The Labute approximate surface area is 95.3 Å². The van der Waals surface area contributed by atoms with E-state index in [9.17, 15) is 0 Å². The molecule has 0 fully saturated rings. The molecule has 3 N–H and O–H groups in total. The number of hydrogen-bond donors (Lipinski definition) is 2. The van der Waals surface area contributed by atoms with Crippen LogP contribution in [0.25, 0.3) is 0 Å². The maximum Gasteiger partial charge on any atom is 0.121 e. The van der Waals surface area contributed by atoms with Crippen LogP contribution in [0.2, 0.25) is 0 Å². The molecule has 0 unspecified atom stereocenters. The van der Waals surface area contributed by atoms with Gasteiger partial charge in [-0.3, -0.25) is 0 Å². The predicted octanol–water partition coefficient (Wildman–Crippen LogP) is 2.07. The van der Waals surface area contributed by atoms with Crippen molar-refractivity contribution in [1.82, 2.24) is 5.32 Å². The molecule has 0 aliphatic carbocycles. The molecule has 16 heavy (non-hydrogen) atoms. The molecule has 1 atom stereocenters. The fourth-order valence-electron chi connectivity index (χ4n) is 1.63. The Morgan fingerprint density at radius 3 is 2.56 bits per heavy atom. The van der Waals surface area contributed by atoms with Crippen LogP contribution in [0.3, 0.4) is 0 Å². The molecule has 0 aliphatic rings. The highest BCUT2D eigenvalue weighted by atomic mass is 16.3. The summed E-state index contributed by atoms with van der Waals surface area (Å²) in [5.41, 5.74) is 6.95. The topological polar surface area (TPSA) is 51.2 Å². The van der Waals surface area contributed by atoms with Crippen molar-refractivity contribution in [3.63, 3.8) is 0 Å². The first-order chi connectivity index (χ1) is 7.90. The normalized spacial score (nSPS) is 12.6. The minimum atomic E-state index is 0.0789. The van der Waals surface area contributed by atoms with Gasteiger partial charge in [-0.2, -0.15) is 0 Å². The molecule has 2 aromatic rings. The maximum atomic E-state index is 5.71.